The number of hydrogen-bond acceptors (Lipinski definition) is 3. The zero-order valence-corrected chi connectivity index (χ0v) is 9.72. The maximum Gasteiger partial charge on any atom is 0.326 e. The summed E-state index contributed by atoms with van der Waals surface area (Å²) in [7, 11) is 0. The average Bonchev–Trinajstić information content (AvgIpc) is 2.46. The van der Waals surface area contributed by atoms with Gasteiger partial charge in [0.15, 0.2) is 0 Å². The lowest BCUT2D eigenvalue weighted by Gasteiger charge is -2.23. The number of likely N-dealkylation sites (tertiary alicyclic amines) is 1. The second-order valence-corrected chi connectivity index (χ2v) is 4.46. The molecule has 3 atom stereocenters. The van der Waals surface area contributed by atoms with Crippen LogP contribution < -0.4 is 0 Å². The summed E-state index contributed by atoms with van der Waals surface area (Å²) in [6.45, 7) is 3.89. The molecular formula is C11H19NO4. The maximum atomic E-state index is 11.7. The van der Waals surface area contributed by atoms with Crippen LogP contribution in [0.4, 0.5) is 0 Å². The third-order valence-corrected chi connectivity index (χ3v) is 2.96. The zero-order chi connectivity index (χ0) is 12.3. The van der Waals surface area contributed by atoms with E-state index in [0.717, 1.165) is 0 Å². The van der Waals surface area contributed by atoms with Gasteiger partial charge in [-0.3, -0.25) is 4.79 Å². The van der Waals surface area contributed by atoms with E-state index in [1.807, 2.05) is 0 Å². The number of carboxylic acids is 1. The predicted octanol–water partition coefficient (Wildman–Crippen LogP) is 0.469. The lowest BCUT2D eigenvalue weighted by atomic mass is 10.0. The van der Waals surface area contributed by atoms with E-state index in [1.54, 1.807) is 13.8 Å². The van der Waals surface area contributed by atoms with Gasteiger partial charge in [0.05, 0.1) is 6.10 Å². The molecule has 0 aromatic heterocycles. The number of aliphatic hydroxyl groups excluding tert-OH is 1. The molecule has 1 heterocycles. The lowest BCUT2D eigenvalue weighted by molar-refractivity contribution is -0.148. The van der Waals surface area contributed by atoms with Gasteiger partial charge >= 0.3 is 5.97 Å². The van der Waals surface area contributed by atoms with Gasteiger partial charge in [-0.05, 0) is 25.7 Å². The molecule has 5 heteroatoms. The number of amides is 1. The van der Waals surface area contributed by atoms with Crippen molar-refractivity contribution in [1.29, 1.82) is 0 Å². The highest BCUT2D eigenvalue weighted by atomic mass is 16.4. The summed E-state index contributed by atoms with van der Waals surface area (Å²) in [5.41, 5.74) is 0. The highest BCUT2D eigenvalue weighted by molar-refractivity contribution is 5.85. The molecule has 0 aliphatic carbocycles. The Balaban J connectivity index is 2.63. The van der Waals surface area contributed by atoms with Crippen molar-refractivity contribution in [2.75, 3.05) is 6.54 Å². The van der Waals surface area contributed by atoms with Gasteiger partial charge in [-0.25, -0.2) is 4.79 Å². The van der Waals surface area contributed by atoms with Crippen LogP contribution in [-0.4, -0.2) is 45.7 Å². The van der Waals surface area contributed by atoms with Crippen LogP contribution in [0.3, 0.4) is 0 Å². The lowest BCUT2D eigenvalue weighted by Crippen LogP contribution is -2.41. The number of carbonyl (C=O) groups excluding carboxylic acids is 1. The predicted molar refractivity (Wildman–Crippen MR) is 57.8 cm³/mol. The van der Waals surface area contributed by atoms with Gasteiger partial charge in [0.25, 0.3) is 0 Å². The van der Waals surface area contributed by atoms with Crippen LogP contribution in [0.1, 0.15) is 33.1 Å². The van der Waals surface area contributed by atoms with E-state index in [0.29, 0.717) is 25.8 Å². The van der Waals surface area contributed by atoms with Crippen molar-refractivity contribution in [3.8, 4) is 0 Å². The molecule has 0 saturated carbocycles. The zero-order valence-electron chi connectivity index (χ0n) is 9.72. The molecule has 1 fully saturated rings. The topological polar surface area (TPSA) is 77.8 Å². The fraction of sp³-hybridized carbons (Fsp3) is 0.818. The van der Waals surface area contributed by atoms with E-state index in [9.17, 15) is 14.7 Å². The Morgan fingerprint density at radius 1 is 1.62 bits per heavy atom. The molecule has 1 saturated heterocycles. The number of nitrogens with zero attached hydrogens (tertiary/aromatic N) is 1. The summed E-state index contributed by atoms with van der Waals surface area (Å²) in [5.74, 6) is -0.977. The number of carboxylic acid groups (broad SMARTS) is 1. The van der Waals surface area contributed by atoms with E-state index in [1.165, 1.54) is 4.90 Å². The standard InChI is InChI=1S/C11H19NO4/c1-3-9(11(15)16)12-6-8(4-7(2)13)5-10(12)14/h7-9,13H,3-6H2,1-2H3,(H,15,16)/t7-,8+,9-/m0/s1. The Hall–Kier alpha value is -1.10. The molecule has 1 aliphatic heterocycles. The van der Waals surface area contributed by atoms with Crippen LogP contribution in [0.2, 0.25) is 0 Å². The Morgan fingerprint density at radius 3 is 2.69 bits per heavy atom. The first-order valence-corrected chi connectivity index (χ1v) is 5.66. The minimum Gasteiger partial charge on any atom is -0.480 e. The Morgan fingerprint density at radius 2 is 2.25 bits per heavy atom. The molecule has 0 aromatic rings. The van der Waals surface area contributed by atoms with Crippen molar-refractivity contribution in [2.24, 2.45) is 5.92 Å². The first kappa shape index (κ1) is 13.0. The summed E-state index contributed by atoms with van der Waals surface area (Å²) >= 11 is 0. The molecule has 2 N–H and O–H groups in total. The highest BCUT2D eigenvalue weighted by Gasteiger charge is 2.36. The number of aliphatic hydroxyl groups is 1. The van der Waals surface area contributed by atoms with Crippen molar-refractivity contribution in [3.05, 3.63) is 0 Å². The number of carbonyl (C=O) groups is 2. The molecule has 0 bridgehead atoms. The summed E-state index contributed by atoms with van der Waals surface area (Å²) in [4.78, 5) is 24.0. The molecule has 92 valence electrons. The summed E-state index contributed by atoms with van der Waals surface area (Å²) in [6, 6.07) is -0.716. The fourth-order valence-corrected chi connectivity index (χ4v) is 2.28. The SMILES string of the molecule is CC[C@@H](C(=O)O)N1C[C@H](C[C@H](C)O)CC1=O. The van der Waals surface area contributed by atoms with Crippen molar-refractivity contribution in [1.82, 2.24) is 4.90 Å². The van der Waals surface area contributed by atoms with Crippen LogP contribution in [0.5, 0.6) is 0 Å². The molecule has 0 unspecified atom stereocenters. The van der Waals surface area contributed by atoms with Crippen LogP contribution in [0, 0.1) is 5.92 Å². The van der Waals surface area contributed by atoms with Crippen molar-refractivity contribution in [2.45, 2.75) is 45.3 Å². The van der Waals surface area contributed by atoms with Gasteiger partial charge in [-0.1, -0.05) is 6.92 Å². The molecule has 0 spiro atoms. The molecule has 0 aromatic carbocycles. The molecule has 16 heavy (non-hydrogen) atoms. The maximum absolute atomic E-state index is 11.7. The second kappa shape index (κ2) is 5.30. The van der Waals surface area contributed by atoms with Crippen molar-refractivity contribution < 1.29 is 19.8 Å². The second-order valence-electron chi connectivity index (χ2n) is 4.46. The van der Waals surface area contributed by atoms with Crippen LogP contribution in [0.25, 0.3) is 0 Å². The van der Waals surface area contributed by atoms with Crippen molar-refractivity contribution >= 4 is 11.9 Å². The van der Waals surface area contributed by atoms with Gasteiger partial charge in [-0.15, -0.1) is 0 Å². The third kappa shape index (κ3) is 2.95. The molecule has 1 amide bonds. The van der Waals surface area contributed by atoms with E-state index in [-0.39, 0.29) is 11.8 Å². The number of aliphatic carboxylic acids is 1. The molecule has 1 rings (SSSR count). The summed E-state index contributed by atoms with van der Waals surface area (Å²) < 4.78 is 0. The van der Waals surface area contributed by atoms with Gasteiger partial charge in [0.2, 0.25) is 5.91 Å². The molecule has 5 nitrogen and oxygen atoms in total. The Kier molecular flexibility index (Phi) is 4.29. The Labute approximate surface area is 95.1 Å². The number of hydrogen-bond donors (Lipinski definition) is 2. The van der Waals surface area contributed by atoms with Crippen molar-refractivity contribution in [3.63, 3.8) is 0 Å². The van der Waals surface area contributed by atoms with Crippen LogP contribution >= 0.6 is 0 Å². The smallest absolute Gasteiger partial charge is 0.326 e. The molecular weight excluding hydrogens is 210 g/mol. The normalized spacial score (nSPS) is 24.6. The largest absolute Gasteiger partial charge is 0.480 e. The summed E-state index contributed by atoms with van der Waals surface area (Å²) in [6.07, 6.45) is 0.887. The minimum absolute atomic E-state index is 0.0842. The van der Waals surface area contributed by atoms with Crippen LogP contribution in [-0.2, 0) is 9.59 Å². The van der Waals surface area contributed by atoms with Gasteiger partial charge in [0.1, 0.15) is 6.04 Å². The van der Waals surface area contributed by atoms with E-state index < -0.39 is 18.1 Å². The van der Waals surface area contributed by atoms with Gasteiger partial charge in [-0.2, -0.15) is 0 Å². The average molecular weight is 229 g/mol. The quantitative estimate of drug-likeness (QED) is 0.718. The minimum atomic E-state index is -0.950. The first-order valence-electron chi connectivity index (χ1n) is 5.66. The molecule has 1 aliphatic rings. The van der Waals surface area contributed by atoms with E-state index in [2.05, 4.69) is 0 Å². The number of rotatable bonds is 5. The summed E-state index contributed by atoms with van der Waals surface area (Å²) in [5, 5.41) is 18.2. The van der Waals surface area contributed by atoms with E-state index >= 15 is 0 Å². The Bertz CT molecular complexity index is 277. The highest BCUT2D eigenvalue weighted by Crippen LogP contribution is 2.25. The van der Waals surface area contributed by atoms with Crippen LogP contribution in [0.15, 0.2) is 0 Å². The molecule has 0 radical (unpaired) electrons. The first-order chi connectivity index (χ1) is 7.45. The van der Waals surface area contributed by atoms with Gasteiger partial charge < -0.3 is 15.1 Å². The third-order valence-electron chi connectivity index (χ3n) is 2.96. The van der Waals surface area contributed by atoms with Gasteiger partial charge in [0, 0.05) is 13.0 Å². The van der Waals surface area contributed by atoms with E-state index in [4.69, 9.17) is 5.11 Å². The monoisotopic (exact) mass is 229 g/mol. The fourth-order valence-electron chi connectivity index (χ4n) is 2.28.